The van der Waals surface area contributed by atoms with E-state index in [-0.39, 0.29) is 4.90 Å². The fourth-order valence-corrected chi connectivity index (χ4v) is 2.71. The lowest BCUT2D eigenvalue weighted by molar-refractivity contribution is 0.340. The van der Waals surface area contributed by atoms with Crippen molar-refractivity contribution in [1.29, 1.82) is 0 Å². The molecule has 0 spiro atoms. The van der Waals surface area contributed by atoms with Gasteiger partial charge in [0.1, 0.15) is 5.75 Å². The normalized spacial score (nSPS) is 11.5. The molecular weight excluding hydrogens is 368 g/mol. The van der Waals surface area contributed by atoms with Gasteiger partial charge in [0, 0.05) is 4.47 Å². The maximum absolute atomic E-state index is 12.0. The summed E-state index contributed by atoms with van der Waals surface area (Å²) >= 11 is 3.26. The first kappa shape index (κ1) is 16.5. The van der Waals surface area contributed by atoms with Crippen LogP contribution in [0.5, 0.6) is 5.75 Å². The van der Waals surface area contributed by atoms with E-state index in [1.165, 1.54) is 18.3 Å². The van der Waals surface area contributed by atoms with Crippen LogP contribution in [0.15, 0.2) is 63.0 Å². The van der Waals surface area contributed by atoms with E-state index < -0.39 is 10.0 Å². The van der Waals surface area contributed by atoms with Gasteiger partial charge in [-0.3, -0.25) is 0 Å². The van der Waals surface area contributed by atoms with Crippen LogP contribution in [0.2, 0.25) is 0 Å². The van der Waals surface area contributed by atoms with E-state index in [2.05, 4.69) is 25.9 Å². The van der Waals surface area contributed by atoms with E-state index in [0.717, 1.165) is 15.8 Å². The predicted molar refractivity (Wildman–Crippen MR) is 89.7 cm³/mol. The molecule has 7 heteroatoms. The zero-order chi connectivity index (χ0) is 16.0. The van der Waals surface area contributed by atoms with Crippen LogP contribution in [0, 0.1) is 0 Å². The minimum absolute atomic E-state index is 0.152. The zero-order valence-electron chi connectivity index (χ0n) is 11.9. The number of hydrogen-bond donors (Lipinski definition) is 1. The van der Waals surface area contributed by atoms with E-state index >= 15 is 0 Å². The third-order valence-electron chi connectivity index (χ3n) is 2.70. The number of nitrogens with zero attached hydrogens (tertiary/aromatic N) is 1. The summed E-state index contributed by atoms with van der Waals surface area (Å²) in [5.41, 5.74) is 0.766. The van der Waals surface area contributed by atoms with Gasteiger partial charge >= 0.3 is 0 Å². The fourth-order valence-electron chi connectivity index (χ4n) is 1.65. The van der Waals surface area contributed by atoms with Crippen molar-refractivity contribution in [3.8, 4) is 5.75 Å². The summed E-state index contributed by atoms with van der Waals surface area (Å²) in [5, 5.41) is 3.77. The van der Waals surface area contributed by atoms with Gasteiger partial charge < -0.3 is 4.74 Å². The molecule has 0 aliphatic rings. The molecule has 2 aromatic carbocycles. The fraction of sp³-hybridized carbons (Fsp3) is 0.133. The highest BCUT2D eigenvalue weighted by Crippen LogP contribution is 2.14. The average Bonchev–Trinajstić information content (AvgIpc) is 2.50. The lowest BCUT2D eigenvalue weighted by atomic mass is 10.2. The summed E-state index contributed by atoms with van der Waals surface area (Å²) in [6, 6.07) is 13.5. The summed E-state index contributed by atoms with van der Waals surface area (Å²) in [6.45, 7) is 2.51. The smallest absolute Gasteiger partial charge is 0.276 e. The molecule has 0 aliphatic heterocycles. The monoisotopic (exact) mass is 382 g/mol. The number of halogens is 1. The van der Waals surface area contributed by atoms with Crippen LogP contribution in [0.1, 0.15) is 12.5 Å². The highest BCUT2D eigenvalue weighted by molar-refractivity contribution is 9.10. The molecule has 0 heterocycles. The molecule has 0 saturated carbocycles. The molecule has 116 valence electrons. The predicted octanol–water partition coefficient (Wildman–Crippen LogP) is 3.16. The lowest BCUT2D eigenvalue weighted by Crippen LogP contribution is -2.18. The Bertz CT molecular complexity index is 741. The molecule has 1 N–H and O–H groups in total. The SMILES string of the molecule is CCOc1ccc(C=NNS(=O)(=O)c2ccc(Br)cc2)cc1. The number of rotatable bonds is 6. The van der Waals surface area contributed by atoms with Gasteiger partial charge in [-0.15, -0.1) is 0 Å². The van der Waals surface area contributed by atoms with Gasteiger partial charge in [0.2, 0.25) is 0 Å². The van der Waals surface area contributed by atoms with Gasteiger partial charge in [-0.05, 0) is 61.0 Å². The maximum Gasteiger partial charge on any atom is 0.276 e. The van der Waals surface area contributed by atoms with Gasteiger partial charge in [0.05, 0.1) is 17.7 Å². The average molecular weight is 383 g/mol. The van der Waals surface area contributed by atoms with Crippen molar-refractivity contribution in [2.24, 2.45) is 5.10 Å². The quantitative estimate of drug-likeness (QED) is 0.616. The molecule has 0 bridgehead atoms. The second-order valence-electron chi connectivity index (χ2n) is 4.31. The van der Waals surface area contributed by atoms with Crippen molar-refractivity contribution in [1.82, 2.24) is 4.83 Å². The molecule has 0 atom stereocenters. The topological polar surface area (TPSA) is 67.8 Å². The highest BCUT2D eigenvalue weighted by atomic mass is 79.9. The zero-order valence-corrected chi connectivity index (χ0v) is 14.3. The molecule has 22 heavy (non-hydrogen) atoms. The lowest BCUT2D eigenvalue weighted by Gasteiger charge is -2.04. The molecule has 0 radical (unpaired) electrons. The number of nitrogens with one attached hydrogen (secondary N) is 1. The number of ether oxygens (including phenoxy) is 1. The largest absolute Gasteiger partial charge is 0.494 e. The van der Waals surface area contributed by atoms with Crippen molar-refractivity contribution in [3.05, 3.63) is 58.6 Å². The van der Waals surface area contributed by atoms with E-state index in [9.17, 15) is 8.42 Å². The van der Waals surface area contributed by atoms with Crippen molar-refractivity contribution in [2.45, 2.75) is 11.8 Å². The van der Waals surface area contributed by atoms with Crippen LogP contribution < -0.4 is 9.57 Å². The maximum atomic E-state index is 12.0. The summed E-state index contributed by atoms with van der Waals surface area (Å²) in [5.74, 6) is 0.759. The first-order valence-corrected chi connectivity index (χ1v) is 8.82. The number of hydrazone groups is 1. The molecule has 5 nitrogen and oxygen atoms in total. The van der Waals surface area contributed by atoms with Crippen molar-refractivity contribution in [3.63, 3.8) is 0 Å². The Morgan fingerprint density at radius 3 is 2.36 bits per heavy atom. The summed E-state index contributed by atoms with van der Waals surface area (Å²) in [4.78, 5) is 2.33. The van der Waals surface area contributed by atoms with Crippen LogP contribution in [0.3, 0.4) is 0 Å². The van der Waals surface area contributed by atoms with Crippen LogP contribution >= 0.6 is 15.9 Å². The van der Waals surface area contributed by atoms with Gasteiger partial charge in [0.25, 0.3) is 10.0 Å². The molecule has 0 aromatic heterocycles. The van der Waals surface area contributed by atoms with Crippen molar-refractivity contribution < 1.29 is 13.2 Å². The third-order valence-corrected chi connectivity index (χ3v) is 4.47. The minimum atomic E-state index is -3.66. The Kier molecular flexibility index (Phi) is 5.57. The Labute approximate surface area is 138 Å². The van der Waals surface area contributed by atoms with E-state index in [1.807, 2.05) is 6.92 Å². The van der Waals surface area contributed by atoms with Crippen LogP contribution in [0.25, 0.3) is 0 Å². The summed E-state index contributed by atoms with van der Waals surface area (Å²) < 4.78 is 30.2. The second kappa shape index (κ2) is 7.42. The van der Waals surface area contributed by atoms with Gasteiger partial charge in [-0.1, -0.05) is 15.9 Å². The molecule has 0 saturated heterocycles. The van der Waals surface area contributed by atoms with Gasteiger partial charge in [-0.25, -0.2) is 4.83 Å². The van der Waals surface area contributed by atoms with E-state index in [1.54, 1.807) is 36.4 Å². The van der Waals surface area contributed by atoms with Crippen LogP contribution in [-0.2, 0) is 10.0 Å². The Morgan fingerprint density at radius 1 is 1.14 bits per heavy atom. The van der Waals surface area contributed by atoms with Gasteiger partial charge in [-0.2, -0.15) is 13.5 Å². The van der Waals surface area contributed by atoms with Crippen molar-refractivity contribution in [2.75, 3.05) is 6.61 Å². The van der Waals surface area contributed by atoms with Crippen LogP contribution in [-0.4, -0.2) is 21.2 Å². The van der Waals surface area contributed by atoms with E-state index in [4.69, 9.17) is 4.74 Å². The number of hydrogen-bond acceptors (Lipinski definition) is 4. The molecule has 2 aromatic rings. The highest BCUT2D eigenvalue weighted by Gasteiger charge is 2.11. The first-order valence-electron chi connectivity index (χ1n) is 6.54. The summed E-state index contributed by atoms with van der Waals surface area (Å²) in [6.07, 6.45) is 1.44. The van der Waals surface area contributed by atoms with Crippen molar-refractivity contribution >= 4 is 32.2 Å². The third kappa shape index (κ3) is 4.57. The molecule has 0 aliphatic carbocycles. The minimum Gasteiger partial charge on any atom is -0.494 e. The Balaban J connectivity index is 2.03. The summed E-state index contributed by atoms with van der Waals surface area (Å²) in [7, 11) is -3.66. The molecular formula is C15H15BrN2O3S. The number of sulfonamides is 1. The Morgan fingerprint density at radius 2 is 1.77 bits per heavy atom. The molecule has 0 fully saturated rings. The number of benzene rings is 2. The van der Waals surface area contributed by atoms with E-state index in [0.29, 0.717) is 6.61 Å². The molecule has 0 amide bonds. The first-order chi connectivity index (χ1) is 10.5. The van der Waals surface area contributed by atoms with Crippen LogP contribution in [0.4, 0.5) is 0 Å². The second-order valence-corrected chi connectivity index (χ2v) is 6.89. The standard InChI is InChI=1S/C15H15BrN2O3S/c1-2-21-14-7-3-12(4-8-14)11-17-18-22(19,20)15-9-5-13(16)6-10-15/h3-11,18H,2H2,1H3. The Hall–Kier alpha value is -1.86. The molecule has 0 unspecified atom stereocenters. The molecule has 2 rings (SSSR count). The van der Waals surface area contributed by atoms with Gasteiger partial charge in [0.15, 0.2) is 0 Å².